The van der Waals surface area contributed by atoms with E-state index < -0.39 is 31.0 Å². The number of aliphatic hydroxyl groups excluding tert-OH is 5. The van der Waals surface area contributed by atoms with Crippen LogP contribution in [0.25, 0.3) is 0 Å². The maximum absolute atomic E-state index is 9.90. The minimum Gasteiger partial charge on any atom is -0.508 e. The monoisotopic (exact) mass is 274 g/mol. The van der Waals surface area contributed by atoms with Gasteiger partial charge in [0.1, 0.15) is 30.2 Å². The molecule has 0 saturated heterocycles. The fourth-order valence-corrected chi connectivity index (χ4v) is 1.05. The van der Waals surface area contributed by atoms with Gasteiger partial charge in [0.2, 0.25) is 0 Å². The van der Waals surface area contributed by atoms with Gasteiger partial charge >= 0.3 is 0 Å². The Hall–Kier alpha value is -1.51. The molecule has 0 aliphatic heterocycles. The number of aldehydes is 1. The van der Waals surface area contributed by atoms with Crippen LogP contribution >= 0.6 is 0 Å². The van der Waals surface area contributed by atoms with E-state index in [2.05, 4.69) is 0 Å². The zero-order valence-electron chi connectivity index (χ0n) is 10.1. The van der Waals surface area contributed by atoms with E-state index in [0.29, 0.717) is 5.75 Å². The third kappa shape index (κ3) is 6.85. The summed E-state index contributed by atoms with van der Waals surface area (Å²) in [5, 5.41) is 52.2. The van der Waals surface area contributed by atoms with E-state index in [1.54, 1.807) is 24.3 Å². The Morgan fingerprint density at radius 1 is 1.00 bits per heavy atom. The molecule has 19 heavy (non-hydrogen) atoms. The van der Waals surface area contributed by atoms with Crippen molar-refractivity contribution in [1.82, 2.24) is 0 Å². The van der Waals surface area contributed by atoms with Gasteiger partial charge in [-0.05, 0) is 12.1 Å². The molecule has 0 heterocycles. The van der Waals surface area contributed by atoms with Crippen molar-refractivity contribution in [1.29, 1.82) is 0 Å². The van der Waals surface area contributed by atoms with E-state index in [4.69, 9.17) is 30.6 Å². The molecule has 1 rings (SSSR count). The number of rotatable bonds is 5. The van der Waals surface area contributed by atoms with Crippen LogP contribution < -0.4 is 0 Å². The summed E-state index contributed by atoms with van der Waals surface area (Å²) in [5.41, 5.74) is 0. The lowest BCUT2D eigenvalue weighted by molar-refractivity contribution is -0.136. The van der Waals surface area contributed by atoms with Gasteiger partial charge in [-0.15, -0.1) is 0 Å². The maximum Gasteiger partial charge on any atom is 0.151 e. The van der Waals surface area contributed by atoms with E-state index >= 15 is 0 Å². The molecular weight excluding hydrogens is 256 g/mol. The molecule has 6 N–H and O–H groups in total. The molecule has 7 heteroatoms. The molecule has 1 aromatic carbocycles. The summed E-state index contributed by atoms with van der Waals surface area (Å²) in [6.45, 7) is -0.760. The number of carbonyl (C=O) groups is 1. The maximum atomic E-state index is 9.90. The molecule has 7 nitrogen and oxygen atoms in total. The van der Waals surface area contributed by atoms with Crippen molar-refractivity contribution in [2.24, 2.45) is 0 Å². The first-order chi connectivity index (χ1) is 8.93. The fourth-order valence-electron chi connectivity index (χ4n) is 1.05. The molecule has 0 aromatic heterocycles. The highest BCUT2D eigenvalue weighted by Crippen LogP contribution is 2.03. The Morgan fingerprint density at radius 3 is 1.84 bits per heavy atom. The first-order valence-electron chi connectivity index (χ1n) is 5.46. The molecule has 4 unspecified atom stereocenters. The highest BCUT2D eigenvalue weighted by Gasteiger charge is 2.29. The second-order valence-electron chi connectivity index (χ2n) is 3.69. The molecule has 0 saturated carbocycles. The van der Waals surface area contributed by atoms with Crippen LogP contribution in [0.15, 0.2) is 30.3 Å². The number of phenolic OH excluding ortho intramolecular Hbond substituents is 1. The minimum absolute atomic E-state index is 0.0258. The molecule has 1 aromatic rings. The predicted octanol–water partition coefficient (Wildman–Crippen LogP) is -1.99. The van der Waals surface area contributed by atoms with Crippen molar-refractivity contribution in [3.63, 3.8) is 0 Å². The van der Waals surface area contributed by atoms with Crippen molar-refractivity contribution in [3.05, 3.63) is 30.3 Å². The van der Waals surface area contributed by atoms with Crippen molar-refractivity contribution < 1.29 is 35.4 Å². The van der Waals surface area contributed by atoms with Gasteiger partial charge in [-0.2, -0.15) is 0 Å². The number of para-hydroxylation sites is 1. The van der Waals surface area contributed by atoms with Crippen molar-refractivity contribution >= 4 is 6.29 Å². The van der Waals surface area contributed by atoms with E-state index in [0.717, 1.165) is 0 Å². The molecule has 0 radical (unpaired) electrons. The number of benzene rings is 1. The second-order valence-corrected chi connectivity index (χ2v) is 3.69. The van der Waals surface area contributed by atoms with Gasteiger partial charge in [0.25, 0.3) is 0 Å². The fraction of sp³-hybridized carbons (Fsp3) is 0.417. The molecule has 0 spiro atoms. The Morgan fingerprint density at radius 2 is 1.53 bits per heavy atom. The summed E-state index contributed by atoms with van der Waals surface area (Å²) in [6, 6.07) is 8.71. The zero-order valence-corrected chi connectivity index (χ0v) is 10.1. The average molecular weight is 274 g/mol. The average Bonchev–Trinajstić information content (AvgIpc) is 2.45. The Kier molecular flexibility index (Phi) is 8.68. The summed E-state index contributed by atoms with van der Waals surface area (Å²) >= 11 is 0. The largest absolute Gasteiger partial charge is 0.508 e. The summed E-state index contributed by atoms with van der Waals surface area (Å²) in [5.74, 6) is 0.322. The smallest absolute Gasteiger partial charge is 0.151 e. The zero-order chi connectivity index (χ0) is 14.8. The van der Waals surface area contributed by atoms with Gasteiger partial charge in [-0.3, -0.25) is 0 Å². The lowest BCUT2D eigenvalue weighted by atomic mass is 10.0. The standard InChI is InChI=1S/C6H12O6.C6H6O/c7-1-3(9)5(11)6(12)4(10)2-8;7-6-4-2-1-3-5-6/h1,3-6,8-12H,2H2;1-5,7H. The molecule has 0 aliphatic carbocycles. The van der Waals surface area contributed by atoms with Crippen LogP contribution in [0.5, 0.6) is 5.75 Å². The first-order valence-corrected chi connectivity index (χ1v) is 5.46. The SMILES string of the molecule is O=CC(O)C(O)C(O)C(O)CO.Oc1ccccc1. The molecule has 0 amide bonds. The van der Waals surface area contributed by atoms with Crippen LogP contribution in [0.1, 0.15) is 0 Å². The van der Waals surface area contributed by atoms with Crippen LogP contribution in [0.2, 0.25) is 0 Å². The highest BCUT2D eigenvalue weighted by atomic mass is 16.4. The molecule has 0 bridgehead atoms. The van der Waals surface area contributed by atoms with E-state index in [1.165, 1.54) is 0 Å². The van der Waals surface area contributed by atoms with Gasteiger partial charge in [0, 0.05) is 0 Å². The van der Waals surface area contributed by atoms with Crippen LogP contribution in [-0.4, -0.2) is 67.9 Å². The quantitative estimate of drug-likeness (QED) is 0.342. The first kappa shape index (κ1) is 17.5. The van der Waals surface area contributed by atoms with Crippen molar-refractivity contribution in [3.8, 4) is 5.75 Å². The van der Waals surface area contributed by atoms with E-state index in [-0.39, 0.29) is 6.29 Å². The number of aromatic hydroxyl groups is 1. The van der Waals surface area contributed by atoms with Gasteiger partial charge < -0.3 is 35.4 Å². The topological polar surface area (TPSA) is 138 Å². The van der Waals surface area contributed by atoms with Crippen LogP contribution in [0.3, 0.4) is 0 Å². The number of hydrogen-bond acceptors (Lipinski definition) is 7. The lowest BCUT2D eigenvalue weighted by Gasteiger charge is -2.22. The minimum atomic E-state index is -1.79. The lowest BCUT2D eigenvalue weighted by Crippen LogP contribution is -2.46. The second kappa shape index (κ2) is 9.42. The van der Waals surface area contributed by atoms with Crippen molar-refractivity contribution in [2.45, 2.75) is 24.4 Å². The van der Waals surface area contributed by atoms with Crippen LogP contribution in [0.4, 0.5) is 0 Å². The van der Waals surface area contributed by atoms with Gasteiger partial charge in [0.05, 0.1) is 6.61 Å². The molecule has 0 aliphatic rings. The summed E-state index contributed by atoms with van der Waals surface area (Å²) in [6.07, 6.45) is -6.84. The predicted molar refractivity (Wildman–Crippen MR) is 65.3 cm³/mol. The van der Waals surface area contributed by atoms with Gasteiger partial charge in [0.15, 0.2) is 6.29 Å². The Bertz CT molecular complexity index is 343. The van der Waals surface area contributed by atoms with Gasteiger partial charge in [-0.25, -0.2) is 0 Å². The van der Waals surface area contributed by atoms with E-state index in [9.17, 15) is 4.79 Å². The Balaban J connectivity index is 0.000000388. The summed E-state index contributed by atoms with van der Waals surface area (Å²) in [4.78, 5) is 9.90. The highest BCUT2D eigenvalue weighted by molar-refractivity contribution is 5.56. The Labute approximate surface area is 110 Å². The normalized spacial score (nSPS) is 16.5. The number of aliphatic hydroxyl groups is 5. The van der Waals surface area contributed by atoms with E-state index in [1.807, 2.05) is 6.07 Å². The number of phenols is 1. The third-order valence-electron chi connectivity index (χ3n) is 2.18. The number of hydrogen-bond donors (Lipinski definition) is 6. The third-order valence-corrected chi connectivity index (χ3v) is 2.18. The van der Waals surface area contributed by atoms with Crippen molar-refractivity contribution in [2.75, 3.05) is 6.61 Å². The van der Waals surface area contributed by atoms with Gasteiger partial charge in [-0.1, -0.05) is 18.2 Å². The van der Waals surface area contributed by atoms with Crippen LogP contribution in [-0.2, 0) is 4.79 Å². The van der Waals surface area contributed by atoms with Crippen LogP contribution in [0, 0.1) is 0 Å². The molecule has 0 fully saturated rings. The molecular formula is C12H18O7. The summed E-state index contributed by atoms with van der Waals surface area (Å²) < 4.78 is 0. The number of carbonyl (C=O) groups excluding carboxylic acids is 1. The molecule has 108 valence electrons. The summed E-state index contributed by atoms with van der Waals surface area (Å²) in [7, 11) is 0. The molecule has 4 atom stereocenters.